The summed E-state index contributed by atoms with van der Waals surface area (Å²) in [5, 5.41) is 23.0. The smallest absolute Gasteiger partial charge is 0.142 e. The fraction of sp³-hybridized carbons (Fsp3) is 0.250. The van der Waals surface area contributed by atoms with Gasteiger partial charge in [-0.25, -0.2) is 0 Å². The Labute approximate surface area is 118 Å². The Morgan fingerprint density at radius 1 is 1.10 bits per heavy atom. The van der Waals surface area contributed by atoms with E-state index in [2.05, 4.69) is 5.32 Å². The Hall–Kier alpha value is -2.36. The van der Waals surface area contributed by atoms with Crippen molar-refractivity contribution in [2.75, 3.05) is 12.4 Å². The zero-order valence-corrected chi connectivity index (χ0v) is 11.8. The van der Waals surface area contributed by atoms with Gasteiger partial charge in [0.05, 0.1) is 24.4 Å². The maximum atomic E-state index is 9.88. The summed E-state index contributed by atoms with van der Waals surface area (Å²) in [5.41, 5.74) is 2.38. The molecular formula is C16H19NO3. The van der Waals surface area contributed by atoms with Crippen molar-refractivity contribution >= 4 is 5.69 Å². The number of ether oxygens (including phenoxy) is 1. The van der Waals surface area contributed by atoms with Gasteiger partial charge in [-0.3, -0.25) is 0 Å². The summed E-state index contributed by atoms with van der Waals surface area (Å²) in [4.78, 5) is 0. The second kappa shape index (κ2) is 5.74. The molecule has 1 atom stereocenters. The Morgan fingerprint density at radius 2 is 1.75 bits per heavy atom. The third kappa shape index (κ3) is 2.79. The molecular weight excluding hydrogens is 254 g/mol. The van der Waals surface area contributed by atoms with E-state index in [1.54, 1.807) is 25.3 Å². The highest BCUT2D eigenvalue weighted by Crippen LogP contribution is 2.36. The van der Waals surface area contributed by atoms with Gasteiger partial charge >= 0.3 is 0 Å². The summed E-state index contributed by atoms with van der Waals surface area (Å²) >= 11 is 0. The molecule has 0 radical (unpaired) electrons. The van der Waals surface area contributed by atoms with Crippen molar-refractivity contribution < 1.29 is 14.9 Å². The van der Waals surface area contributed by atoms with Crippen LogP contribution in [0, 0.1) is 6.92 Å². The molecule has 0 aromatic heterocycles. The molecule has 0 spiro atoms. The van der Waals surface area contributed by atoms with Crippen LogP contribution in [-0.4, -0.2) is 17.3 Å². The molecule has 2 aromatic rings. The van der Waals surface area contributed by atoms with Crippen LogP contribution in [0.25, 0.3) is 0 Å². The molecule has 0 aliphatic carbocycles. The largest absolute Gasteiger partial charge is 0.507 e. The van der Waals surface area contributed by atoms with Crippen LogP contribution in [0.5, 0.6) is 17.2 Å². The van der Waals surface area contributed by atoms with Crippen molar-refractivity contribution in [3.8, 4) is 17.2 Å². The third-order valence-electron chi connectivity index (χ3n) is 3.22. The molecule has 0 heterocycles. The molecule has 3 N–H and O–H groups in total. The number of methoxy groups -OCH3 is 1. The van der Waals surface area contributed by atoms with E-state index in [0.717, 1.165) is 17.0 Å². The Kier molecular flexibility index (Phi) is 4.03. The highest BCUT2D eigenvalue weighted by Gasteiger charge is 2.16. The first-order valence-electron chi connectivity index (χ1n) is 6.45. The summed E-state index contributed by atoms with van der Waals surface area (Å²) in [6.45, 7) is 3.86. The minimum Gasteiger partial charge on any atom is -0.507 e. The fourth-order valence-electron chi connectivity index (χ4n) is 2.21. The molecule has 0 saturated carbocycles. The van der Waals surface area contributed by atoms with Gasteiger partial charge in [-0.05, 0) is 43.7 Å². The molecule has 20 heavy (non-hydrogen) atoms. The van der Waals surface area contributed by atoms with Crippen LogP contribution in [0.2, 0.25) is 0 Å². The van der Waals surface area contributed by atoms with E-state index in [1.807, 2.05) is 32.0 Å². The third-order valence-corrected chi connectivity index (χ3v) is 3.22. The maximum Gasteiger partial charge on any atom is 0.142 e. The van der Waals surface area contributed by atoms with Crippen LogP contribution in [0.4, 0.5) is 5.69 Å². The lowest BCUT2D eigenvalue weighted by molar-refractivity contribution is 0.414. The molecule has 4 nitrogen and oxygen atoms in total. The molecule has 2 aromatic carbocycles. The number of hydrogen-bond acceptors (Lipinski definition) is 4. The van der Waals surface area contributed by atoms with Gasteiger partial charge in [-0.15, -0.1) is 0 Å². The number of phenols is 2. The van der Waals surface area contributed by atoms with Gasteiger partial charge in [0, 0.05) is 0 Å². The predicted octanol–water partition coefficient (Wildman–Crippen LogP) is 3.59. The standard InChI is InChI=1S/C16H19NO3/c1-10-7-8-12(15(9-10)20-3)17-11(2)16-13(18)5-4-6-14(16)19/h4-9,11,17-19H,1-3H3. The Morgan fingerprint density at radius 3 is 2.35 bits per heavy atom. The normalized spacial score (nSPS) is 11.9. The van der Waals surface area contributed by atoms with Crippen LogP contribution in [0.3, 0.4) is 0 Å². The first-order valence-corrected chi connectivity index (χ1v) is 6.45. The lowest BCUT2D eigenvalue weighted by atomic mass is 10.1. The quantitative estimate of drug-likeness (QED) is 0.796. The van der Waals surface area contributed by atoms with E-state index >= 15 is 0 Å². The number of rotatable bonds is 4. The van der Waals surface area contributed by atoms with Crippen LogP contribution in [0.15, 0.2) is 36.4 Å². The molecule has 1 unspecified atom stereocenters. The van der Waals surface area contributed by atoms with E-state index in [1.165, 1.54) is 0 Å². The van der Waals surface area contributed by atoms with Crippen molar-refractivity contribution in [1.29, 1.82) is 0 Å². The van der Waals surface area contributed by atoms with Crippen LogP contribution < -0.4 is 10.1 Å². The van der Waals surface area contributed by atoms with Gasteiger partial charge in [-0.2, -0.15) is 0 Å². The highest BCUT2D eigenvalue weighted by molar-refractivity contribution is 5.60. The second-order valence-electron chi connectivity index (χ2n) is 4.78. The fourth-order valence-corrected chi connectivity index (χ4v) is 2.21. The topological polar surface area (TPSA) is 61.7 Å². The maximum absolute atomic E-state index is 9.88. The van der Waals surface area contributed by atoms with Crippen LogP contribution in [0.1, 0.15) is 24.1 Å². The molecule has 0 bridgehead atoms. The van der Waals surface area contributed by atoms with Crippen LogP contribution >= 0.6 is 0 Å². The summed E-state index contributed by atoms with van der Waals surface area (Å²) in [5.74, 6) is 0.860. The molecule has 106 valence electrons. The zero-order chi connectivity index (χ0) is 14.7. The van der Waals surface area contributed by atoms with Crippen molar-refractivity contribution in [2.24, 2.45) is 0 Å². The summed E-state index contributed by atoms with van der Waals surface area (Å²) in [6, 6.07) is 10.3. The van der Waals surface area contributed by atoms with E-state index < -0.39 is 0 Å². The number of phenolic OH excluding ortho intramolecular Hbond substituents is 2. The monoisotopic (exact) mass is 273 g/mol. The van der Waals surface area contributed by atoms with Crippen molar-refractivity contribution in [3.63, 3.8) is 0 Å². The minimum absolute atomic E-state index is 0.0658. The number of aromatic hydroxyl groups is 2. The van der Waals surface area contributed by atoms with Gasteiger partial charge in [-0.1, -0.05) is 12.1 Å². The summed E-state index contributed by atoms with van der Waals surface area (Å²) in [7, 11) is 1.61. The van der Waals surface area contributed by atoms with Gasteiger partial charge in [0.15, 0.2) is 0 Å². The van der Waals surface area contributed by atoms with Gasteiger partial charge in [0.25, 0.3) is 0 Å². The molecule has 4 heteroatoms. The number of anilines is 1. The number of aryl methyl sites for hydroxylation is 1. The molecule has 0 aliphatic heterocycles. The summed E-state index contributed by atoms with van der Waals surface area (Å²) < 4.78 is 5.34. The van der Waals surface area contributed by atoms with Crippen LogP contribution in [-0.2, 0) is 0 Å². The Bertz CT molecular complexity index is 590. The van der Waals surface area contributed by atoms with E-state index in [9.17, 15) is 10.2 Å². The predicted molar refractivity (Wildman–Crippen MR) is 79.5 cm³/mol. The number of nitrogens with one attached hydrogen (secondary N) is 1. The average Bonchev–Trinajstić information content (AvgIpc) is 2.40. The number of benzene rings is 2. The first kappa shape index (κ1) is 14.1. The van der Waals surface area contributed by atoms with E-state index in [0.29, 0.717) is 5.56 Å². The van der Waals surface area contributed by atoms with Gasteiger partial charge in [0.1, 0.15) is 17.2 Å². The highest BCUT2D eigenvalue weighted by atomic mass is 16.5. The van der Waals surface area contributed by atoms with Crippen molar-refractivity contribution in [1.82, 2.24) is 0 Å². The van der Waals surface area contributed by atoms with Crippen molar-refractivity contribution in [2.45, 2.75) is 19.9 Å². The SMILES string of the molecule is COc1cc(C)ccc1NC(C)c1c(O)cccc1O. The lowest BCUT2D eigenvalue weighted by Crippen LogP contribution is -2.08. The molecule has 0 fully saturated rings. The van der Waals surface area contributed by atoms with Gasteiger partial charge < -0.3 is 20.3 Å². The lowest BCUT2D eigenvalue weighted by Gasteiger charge is -2.20. The molecule has 0 amide bonds. The molecule has 0 aliphatic rings. The van der Waals surface area contributed by atoms with Gasteiger partial charge in [0.2, 0.25) is 0 Å². The first-order chi connectivity index (χ1) is 9.52. The zero-order valence-electron chi connectivity index (χ0n) is 11.8. The molecule has 2 rings (SSSR count). The van der Waals surface area contributed by atoms with E-state index in [4.69, 9.17) is 4.74 Å². The second-order valence-corrected chi connectivity index (χ2v) is 4.78. The summed E-state index contributed by atoms with van der Waals surface area (Å²) in [6.07, 6.45) is 0. The average molecular weight is 273 g/mol. The van der Waals surface area contributed by atoms with E-state index in [-0.39, 0.29) is 17.5 Å². The minimum atomic E-state index is -0.257. The number of hydrogen-bond donors (Lipinski definition) is 3. The molecule has 0 saturated heterocycles. The Balaban J connectivity index is 2.30. The van der Waals surface area contributed by atoms with Crippen molar-refractivity contribution in [3.05, 3.63) is 47.5 Å².